The van der Waals surface area contributed by atoms with Crippen LogP contribution in [0.3, 0.4) is 0 Å². The summed E-state index contributed by atoms with van der Waals surface area (Å²) in [5.41, 5.74) is -0.273. The molecule has 29 heavy (non-hydrogen) atoms. The molecule has 0 saturated carbocycles. The van der Waals surface area contributed by atoms with Crippen LogP contribution in [0.4, 0.5) is 18.0 Å². The van der Waals surface area contributed by atoms with E-state index in [2.05, 4.69) is 20.4 Å². The minimum atomic E-state index is -4.39. The Morgan fingerprint density at radius 2 is 1.79 bits per heavy atom. The molecule has 1 saturated heterocycles. The van der Waals surface area contributed by atoms with Crippen molar-refractivity contribution in [1.29, 1.82) is 0 Å². The molecule has 0 aliphatic carbocycles. The maximum absolute atomic E-state index is 12.7. The summed E-state index contributed by atoms with van der Waals surface area (Å²) in [4.78, 5) is 15.8. The molecule has 158 valence electrons. The summed E-state index contributed by atoms with van der Waals surface area (Å²) in [6.45, 7) is 7.06. The van der Waals surface area contributed by atoms with Gasteiger partial charge in [-0.3, -0.25) is 4.90 Å². The number of aromatic nitrogens is 4. The van der Waals surface area contributed by atoms with Crippen LogP contribution in [-0.4, -0.2) is 68.9 Å². The smallest absolute Gasteiger partial charge is 0.416 e. The Morgan fingerprint density at radius 3 is 2.38 bits per heavy atom. The highest BCUT2D eigenvalue weighted by molar-refractivity contribution is 5.67. The second-order valence-electron chi connectivity index (χ2n) is 7.29. The van der Waals surface area contributed by atoms with Crippen molar-refractivity contribution in [2.45, 2.75) is 26.6 Å². The third-order valence-electron chi connectivity index (χ3n) is 4.51. The number of carbonyl (C=O) groups excluding carboxylic acids is 1. The number of hydrogen-bond acceptors (Lipinski definition) is 6. The number of hydrogen-bond donors (Lipinski definition) is 0. The van der Waals surface area contributed by atoms with E-state index in [-0.39, 0.29) is 12.0 Å². The molecule has 0 atom stereocenters. The Hall–Kier alpha value is -2.69. The van der Waals surface area contributed by atoms with E-state index in [4.69, 9.17) is 4.74 Å². The van der Waals surface area contributed by atoms with E-state index in [1.54, 1.807) is 4.90 Å². The lowest BCUT2D eigenvalue weighted by Crippen LogP contribution is -2.48. The SMILES string of the molecule is CC(C)COC(=O)N1CCN(Cc2nnnn2-c2ccc(C(F)(F)F)cc2)CC1. The number of ether oxygens (including phenoxy) is 1. The predicted octanol–water partition coefficient (Wildman–Crippen LogP) is 2.59. The normalized spacial score (nSPS) is 15.7. The van der Waals surface area contributed by atoms with Crippen LogP contribution < -0.4 is 0 Å². The van der Waals surface area contributed by atoms with Crippen LogP contribution >= 0.6 is 0 Å². The van der Waals surface area contributed by atoms with Crippen molar-refractivity contribution in [3.63, 3.8) is 0 Å². The first-order valence-corrected chi connectivity index (χ1v) is 9.33. The number of amides is 1. The second kappa shape index (κ2) is 8.76. The average molecular weight is 412 g/mol. The van der Waals surface area contributed by atoms with Crippen molar-refractivity contribution >= 4 is 6.09 Å². The van der Waals surface area contributed by atoms with Gasteiger partial charge >= 0.3 is 12.3 Å². The molecule has 2 heterocycles. The lowest BCUT2D eigenvalue weighted by Gasteiger charge is -2.33. The van der Waals surface area contributed by atoms with Gasteiger partial charge in [0, 0.05) is 26.2 Å². The van der Waals surface area contributed by atoms with Gasteiger partial charge in [-0.05, 0) is 40.6 Å². The summed E-state index contributed by atoms with van der Waals surface area (Å²) in [6.07, 6.45) is -4.70. The number of tetrazole rings is 1. The molecule has 1 fully saturated rings. The zero-order chi connectivity index (χ0) is 21.0. The van der Waals surface area contributed by atoms with E-state index in [0.29, 0.717) is 50.8 Å². The van der Waals surface area contributed by atoms with Crippen molar-refractivity contribution in [2.24, 2.45) is 5.92 Å². The van der Waals surface area contributed by atoms with E-state index in [0.717, 1.165) is 12.1 Å². The van der Waals surface area contributed by atoms with Gasteiger partial charge in [-0.15, -0.1) is 5.10 Å². The fourth-order valence-corrected chi connectivity index (χ4v) is 2.91. The fraction of sp³-hybridized carbons (Fsp3) is 0.556. The van der Waals surface area contributed by atoms with Crippen LogP contribution in [0.25, 0.3) is 5.69 Å². The number of halogens is 3. The standard InChI is InChI=1S/C18H23F3N6O2/c1-13(2)12-29-17(28)26-9-7-25(8-10-26)11-16-22-23-24-27(16)15-5-3-14(4-6-15)18(19,20)21/h3-6,13H,7-12H2,1-2H3. The monoisotopic (exact) mass is 412 g/mol. The maximum atomic E-state index is 12.7. The molecule has 0 radical (unpaired) electrons. The third kappa shape index (κ3) is 5.43. The van der Waals surface area contributed by atoms with Crippen molar-refractivity contribution in [1.82, 2.24) is 30.0 Å². The number of benzene rings is 1. The zero-order valence-electron chi connectivity index (χ0n) is 16.3. The van der Waals surface area contributed by atoms with Gasteiger partial charge in [-0.1, -0.05) is 13.8 Å². The van der Waals surface area contributed by atoms with E-state index >= 15 is 0 Å². The van der Waals surface area contributed by atoms with Crippen molar-refractivity contribution in [3.8, 4) is 5.69 Å². The van der Waals surface area contributed by atoms with Gasteiger partial charge in [0.15, 0.2) is 5.82 Å². The lowest BCUT2D eigenvalue weighted by molar-refractivity contribution is -0.137. The summed E-state index contributed by atoms with van der Waals surface area (Å²) in [5, 5.41) is 11.5. The second-order valence-corrected chi connectivity index (χ2v) is 7.29. The minimum Gasteiger partial charge on any atom is -0.449 e. The Kier molecular flexibility index (Phi) is 6.36. The minimum absolute atomic E-state index is 0.282. The highest BCUT2D eigenvalue weighted by Crippen LogP contribution is 2.29. The number of rotatable bonds is 5. The third-order valence-corrected chi connectivity index (χ3v) is 4.51. The highest BCUT2D eigenvalue weighted by atomic mass is 19.4. The van der Waals surface area contributed by atoms with Crippen molar-refractivity contribution in [2.75, 3.05) is 32.8 Å². The molecule has 8 nitrogen and oxygen atoms in total. The van der Waals surface area contributed by atoms with Gasteiger partial charge in [-0.25, -0.2) is 4.79 Å². The first-order valence-electron chi connectivity index (χ1n) is 9.33. The molecule has 11 heteroatoms. The van der Waals surface area contributed by atoms with Crippen LogP contribution in [0.15, 0.2) is 24.3 Å². The van der Waals surface area contributed by atoms with Crippen LogP contribution in [0.5, 0.6) is 0 Å². The van der Waals surface area contributed by atoms with E-state index in [1.165, 1.54) is 16.8 Å². The fourth-order valence-electron chi connectivity index (χ4n) is 2.91. The first kappa shape index (κ1) is 21.0. The summed E-state index contributed by atoms with van der Waals surface area (Å²) in [7, 11) is 0. The molecule has 0 bridgehead atoms. The summed E-state index contributed by atoms with van der Waals surface area (Å²) in [6, 6.07) is 4.68. The number of nitrogens with zero attached hydrogens (tertiary/aromatic N) is 6. The summed E-state index contributed by atoms with van der Waals surface area (Å²) < 4.78 is 44.9. The quantitative estimate of drug-likeness (QED) is 0.752. The summed E-state index contributed by atoms with van der Waals surface area (Å²) >= 11 is 0. The van der Waals surface area contributed by atoms with Gasteiger partial charge in [0.2, 0.25) is 0 Å². The van der Waals surface area contributed by atoms with Crippen LogP contribution in [0, 0.1) is 5.92 Å². The molecule has 1 aliphatic heterocycles. The van der Waals surface area contributed by atoms with Gasteiger partial charge in [0.25, 0.3) is 0 Å². The van der Waals surface area contributed by atoms with Gasteiger partial charge < -0.3 is 9.64 Å². The zero-order valence-corrected chi connectivity index (χ0v) is 16.3. The Labute approximate surface area is 166 Å². The summed E-state index contributed by atoms with van der Waals surface area (Å²) in [5.74, 6) is 0.796. The molecule has 2 aromatic rings. The molecule has 3 rings (SSSR count). The molecule has 1 amide bonds. The molecule has 0 N–H and O–H groups in total. The lowest BCUT2D eigenvalue weighted by atomic mass is 10.2. The van der Waals surface area contributed by atoms with Gasteiger partial charge in [0.05, 0.1) is 24.4 Å². The van der Waals surface area contributed by atoms with Gasteiger partial charge in [-0.2, -0.15) is 17.9 Å². The molecule has 1 aliphatic rings. The molecule has 0 spiro atoms. The van der Waals surface area contributed by atoms with E-state index in [1.807, 2.05) is 13.8 Å². The maximum Gasteiger partial charge on any atom is 0.416 e. The van der Waals surface area contributed by atoms with Crippen LogP contribution in [0.2, 0.25) is 0 Å². The topological polar surface area (TPSA) is 76.4 Å². The van der Waals surface area contributed by atoms with E-state index in [9.17, 15) is 18.0 Å². The first-order chi connectivity index (χ1) is 13.7. The van der Waals surface area contributed by atoms with Crippen molar-refractivity contribution in [3.05, 3.63) is 35.7 Å². The molecule has 1 aromatic heterocycles. The predicted molar refractivity (Wildman–Crippen MR) is 97.2 cm³/mol. The van der Waals surface area contributed by atoms with Crippen LogP contribution in [0.1, 0.15) is 25.2 Å². The largest absolute Gasteiger partial charge is 0.449 e. The molecular weight excluding hydrogens is 389 g/mol. The van der Waals surface area contributed by atoms with Crippen molar-refractivity contribution < 1.29 is 22.7 Å². The Morgan fingerprint density at radius 1 is 1.14 bits per heavy atom. The number of alkyl halides is 3. The number of piperazine rings is 1. The van der Waals surface area contributed by atoms with Crippen LogP contribution in [-0.2, 0) is 17.5 Å². The van der Waals surface area contributed by atoms with E-state index < -0.39 is 11.7 Å². The average Bonchev–Trinajstić information content (AvgIpc) is 3.14. The molecule has 1 aromatic carbocycles. The Bertz CT molecular complexity index is 814. The number of carbonyl (C=O) groups is 1. The molecule has 0 unspecified atom stereocenters. The van der Waals surface area contributed by atoms with Gasteiger partial charge in [0.1, 0.15) is 0 Å². The molecular formula is C18H23F3N6O2. The Balaban J connectivity index is 1.58. The highest BCUT2D eigenvalue weighted by Gasteiger charge is 2.30.